The fourth-order valence-corrected chi connectivity index (χ4v) is 2.57. The first-order valence-corrected chi connectivity index (χ1v) is 8.18. The molecule has 3 aromatic rings. The van der Waals surface area contributed by atoms with E-state index in [1.165, 1.54) is 0 Å². The van der Waals surface area contributed by atoms with Crippen LogP contribution in [0.2, 0.25) is 0 Å². The Kier molecular flexibility index (Phi) is 6.45. The minimum atomic E-state index is -1.09. The van der Waals surface area contributed by atoms with Gasteiger partial charge < -0.3 is 10.2 Å². The van der Waals surface area contributed by atoms with Crippen molar-refractivity contribution in [3.63, 3.8) is 0 Å². The SMILES string of the molecule is O=C(O)c1ccccc1.Oc1ccc(C(Cl)(Cl)c2ccccc2)cc1. The second-order valence-corrected chi connectivity index (χ2v) is 6.49. The highest BCUT2D eigenvalue weighted by molar-refractivity contribution is 6.50. The summed E-state index contributed by atoms with van der Waals surface area (Å²) in [6.45, 7) is 0. The summed E-state index contributed by atoms with van der Waals surface area (Å²) in [5.41, 5.74) is 1.88. The predicted octanol–water partition coefficient (Wildman–Crippen LogP) is 5.46. The number of aromatic hydroxyl groups is 1. The summed E-state index contributed by atoms with van der Waals surface area (Å²) in [5.74, 6) is -0.684. The molecule has 0 unspecified atom stereocenters. The summed E-state index contributed by atoms with van der Waals surface area (Å²) in [6.07, 6.45) is 0. The van der Waals surface area contributed by atoms with Gasteiger partial charge >= 0.3 is 5.97 Å². The lowest BCUT2D eigenvalue weighted by atomic mass is 10.0. The highest BCUT2D eigenvalue weighted by atomic mass is 35.5. The molecule has 0 heterocycles. The maximum atomic E-state index is 10.2. The molecule has 0 spiro atoms. The van der Waals surface area contributed by atoms with Crippen LogP contribution in [0.5, 0.6) is 5.75 Å². The Bertz CT molecular complexity index is 801. The number of rotatable bonds is 3. The van der Waals surface area contributed by atoms with Crippen molar-refractivity contribution in [3.05, 3.63) is 102 Å². The molecule has 128 valence electrons. The summed E-state index contributed by atoms with van der Waals surface area (Å²) in [5, 5.41) is 17.6. The third kappa shape index (κ3) is 5.24. The molecule has 25 heavy (non-hydrogen) atoms. The lowest BCUT2D eigenvalue weighted by Gasteiger charge is -2.20. The smallest absolute Gasteiger partial charge is 0.335 e. The molecule has 0 saturated heterocycles. The lowest BCUT2D eigenvalue weighted by Crippen LogP contribution is -2.11. The van der Waals surface area contributed by atoms with Crippen molar-refractivity contribution in [3.8, 4) is 5.75 Å². The van der Waals surface area contributed by atoms with Crippen molar-refractivity contribution in [1.82, 2.24) is 0 Å². The highest BCUT2D eigenvalue weighted by Gasteiger charge is 2.28. The fraction of sp³-hybridized carbons (Fsp3) is 0.0500. The Morgan fingerprint density at radius 3 is 1.60 bits per heavy atom. The van der Waals surface area contributed by atoms with Gasteiger partial charge in [-0.25, -0.2) is 4.79 Å². The zero-order valence-electron chi connectivity index (χ0n) is 13.1. The van der Waals surface area contributed by atoms with Crippen LogP contribution in [0.3, 0.4) is 0 Å². The first-order valence-electron chi connectivity index (χ1n) is 7.42. The molecule has 2 N–H and O–H groups in total. The maximum Gasteiger partial charge on any atom is 0.335 e. The van der Waals surface area contributed by atoms with Gasteiger partial charge in [0.05, 0.1) is 5.56 Å². The molecule has 0 aliphatic heterocycles. The van der Waals surface area contributed by atoms with Crippen molar-refractivity contribution < 1.29 is 15.0 Å². The Morgan fingerprint density at radius 1 is 0.720 bits per heavy atom. The fourth-order valence-electron chi connectivity index (χ4n) is 2.07. The Balaban J connectivity index is 0.000000212. The predicted molar refractivity (Wildman–Crippen MR) is 100 cm³/mol. The van der Waals surface area contributed by atoms with E-state index in [4.69, 9.17) is 28.3 Å². The zero-order chi connectivity index (χ0) is 18.3. The molecule has 3 aromatic carbocycles. The van der Waals surface area contributed by atoms with Crippen molar-refractivity contribution in [1.29, 1.82) is 0 Å². The minimum Gasteiger partial charge on any atom is -0.508 e. The van der Waals surface area contributed by atoms with E-state index in [9.17, 15) is 9.90 Å². The first kappa shape index (κ1) is 18.8. The molecule has 5 heteroatoms. The summed E-state index contributed by atoms with van der Waals surface area (Å²) >= 11 is 12.6. The van der Waals surface area contributed by atoms with E-state index in [0.29, 0.717) is 5.56 Å². The van der Waals surface area contributed by atoms with Gasteiger partial charge in [-0.05, 0) is 35.4 Å². The molecule has 0 atom stereocenters. The number of phenolic OH excluding ortho intramolecular Hbond substituents is 1. The van der Waals surface area contributed by atoms with E-state index in [0.717, 1.165) is 11.1 Å². The first-order chi connectivity index (χ1) is 11.9. The molecule has 0 aliphatic rings. The van der Waals surface area contributed by atoms with E-state index in [1.54, 1.807) is 54.6 Å². The van der Waals surface area contributed by atoms with Gasteiger partial charge in [-0.2, -0.15) is 0 Å². The molecule has 3 rings (SSSR count). The van der Waals surface area contributed by atoms with Crippen LogP contribution in [0.4, 0.5) is 0 Å². The third-order valence-corrected chi connectivity index (χ3v) is 4.26. The van der Waals surface area contributed by atoms with E-state index in [1.807, 2.05) is 30.3 Å². The lowest BCUT2D eigenvalue weighted by molar-refractivity contribution is 0.0697. The van der Waals surface area contributed by atoms with Crippen LogP contribution >= 0.6 is 23.2 Å². The molecular formula is C20H16Cl2O3. The average Bonchev–Trinajstić information content (AvgIpc) is 2.64. The van der Waals surface area contributed by atoms with Crippen LogP contribution in [-0.4, -0.2) is 16.2 Å². The standard InChI is InChI=1S/C13H10Cl2O.C7H6O2/c14-13(15,10-4-2-1-3-5-10)11-6-8-12(16)9-7-11;8-7(9)6-4-2-1-3-5-6/h1-9,16H;1-5H,(H,8,9). The van der Waals surface area contributed by atoms with Gasteiger partial charge in [0.15, 0.2) is 4.33 Å². The molecular weight excluding hydrogens is 359 g/mol. The van der Waals surface area contributed by atoms with Crippen LogP contribution in [0.25, 0.3) is 0 Å². The van der Waals surface area contributed by atoms with Gasteiger partial charge in [0.25, 0.3) is 0 Å². The summed E-state index contributed by atoms with van der Waals surface area (Å²) in [4.78, 5) is 10.2. The number of hydrogen-bond acceptors (Lipinski definition) is 2. The van der Waals surface area contributed by atoms with Crippen LogP contribution in [0.15, 0.2) is 84.9 Å². The zero-order valence-corrected chi connectivity index (χ0v) is 14.7. The third-order valence-electron chi connectivity index (χ3n) is 3.39. The largest absolute Gasteiger partial charge is 0.508 e. The summed E-state index contributed by atoms with van der Waals surface area (Å²) < 4.78 is -1.09. The van der Waals surface area contributed by atoms with Crippen LogP contribution in [0.1, 0.15) is 21.5 Å². The van der Waals surface area contributed by atoms with E-state index in [-0.39, 0.29) is 5.75 Å². The normalized spacial score (nSPS) is 10.5. The highest BCUT2D eigenvalue weighted by Crippen LogP contribution is 2.40. The monoisotopic (exact) mass is 374 g/mol. The van der Waals surface area contributed by atoms with Crippen LogP contribution in [-0.2, 0) is 4.33 Å². The Hall–Kier alpha value is -2.49. The van der Waals surface area contributed by atoms with E-state index in [2.05, 4.69) is 0 Å². The number of benzene rings is 3. The number of carboxylic acids is 1. The van der Waals surface area contributed by atoms with Crippen molar-refractivity contribution >= 4 is 29.2 Å². The number of halogens is 2. The van der Waals surface area contributed by atoms with E-state index < -0.39 is 10.3 Å². The van der Waals surface area contributed by atoms with Crippen molar-refractivity contribution in [2.24, 2.45) is 0 Å². The number of hydrogen-bond donors (Lipinski definition) is 2. The molecule has 0 fully saturated rings. The number of aromatic carboxylic acids is 1. The molecule has 0 bridgehead atoms. The molecule has 0 aromatic heterocycles. The minimum absolute atomic E-state index is 0.195. The molecule has 0 aliphatic carbocycles. The Labute approximate surface area is 156 Å². The van der Waals surface area contributed by atoms with Gasteiger partial charge in [-0.3, -0.25) is 0 Å². The van der Waals surface area contributed by atoms with Crippen LogP contribution < -0.4 is 0 Å². The summed E-state index contributed by atoms with van der Waals surface area (Å²) in [7, 11) is 0. The van der Waals surface area contributed by atoms with Gasteiger partial charge in [0.2, 0.25) is 0 Å². The number of carbonyl (C=O) groups is 1. The van der Waals surface area contributed by atoms with E-state index >= 15 is 0 Å². The summed E-state index contributed by atoms with van der Waals surface area (Å²) in [6, 6.07) is 24.3. The molecule has 0 amide bonds. The average molecular weight is 375 g/mol. The van der Waals surface area contributed by atoms with Gasteiger partial charge in [0, 0.05) is 0 Å². The number of phenols is 1. The van der Waals surface area contributed by atoms with Crippen molar-refractivity contribution in [2.75, 3.05) is 0 Å². The quantitative estimate of drug-likeness (QED) is 0.598. The number of carboxylic acid groups (broad SMARTS) is 1. The Morgan fingerprint density at radius 2 is 1.16 bits per heavy atom. The number of alkyl halides is 2. The van der Waals surface area contributed by atoms with Gasteiger partial charge in [-0.1, -0.05) is 83.9 Å². The molecule has 0 saturated carbocycles. The second-order valence-electron chi connectivity index (χ2n) is 5.16. The van der Waals surface area contributed by atoms with Crippen LogP contribution in [0, 0.1) is 0 Å². The molecule has 0 radical (unpaired) electrons. The molecule has 3 nitrogen and oxygen atoms in total. The maximum absolute atomic E-state index is 10.2. The van der Waals surface area contributed by atoms with Gasteiger partial charge in [-0.15, -0.1) is 0 Å². The second kappa shape index (κ2) is 8.56. The topological polar surface area (TPSA) is 57.5 Å². The van der Waals surface area contributed by atoms with Gasteiger partial charge in [0.1, 0.15) is 5.75 Å². The van der Waals surface area contributed by atoms with Crippen molar-refractivity contribution in [2.45, 2.75) is 4.33 Å².